The van der Waals surface area contributed by atoms with E-state index >= 15 is 0 Å². The lowest BCUT2D eigenvalue weighted by molar-refractivity contribution is 0.0695. The summed E-state index contributed by atoms with van der Waals surface area (Å²) in [6.45, 7) is 12.5. The van der Waals surface area contributed by atoms with Gasteiger partial charge in [-0.3, -0.25) is 0 Å². The van der Waals surface area contributed by atoms with Crippen molar-refractivity contribution in [3.63, 3.8) is 0 Å². The van der Waals surface area contributed by atoms with E-state index in [0.29, 0.717) is 17.9 Å². The van der Waals surface area contributed by atoms with Gasteiger partial charge in [0.15, 0.2) is 0 Å². The van der Waals surface area contributed by atoms with Crippen molar-refractivity contribution < 1.29 is 14.6 Å². The van der Waals surface area contributed by atoms with Gasteiger partial charge in [0.25, 0.3) is 0 Å². The molecule has 2 rings (SSSR count). The van der Waals surface area contributed by atoms with Crippen LogP contribution in [-0.2, 0) is 18.4 Å². The van der Waals surface area contributed by atoms with Crippen LogP contribution in [0.5, 0.6) is 5.75 Å². The lowest BCUT2D eigenvalue weighted by atomic mass is 9.80. The smallest absolute Gasteiger partial charge is 0.336 e. The van der Waals surface area contributed by atoms with Gasteiger partial charge in [0.1, 0.15) is 12.4 Å². The fourth-order valence-electron chi connectivity index (χ4n) is 3.02. The van der Waals surface area contributed by atoms with E-state index in [1.54, 1.807) is 12.1 Å². The molecule has 3 nitrogen and oxygen atoms in total. The first-order valence-electron chi connectivity index (χ1n) is 9.01. The highest BCUT2D eigenvalue weighted by molar-refractivity contribution is 5.90. The second-order valence-electron chi connectivity index (χ2n) is 7.54. The summed E-state index contributed by atoms with van der Waals surface area (Å²) >= 11 is 0. The van der Waals surface area contributed by atoms with E-state index in [2.05, 4.69) is 34.3 Å². The minimum Gasteiger partial charge on any atom is -0.489 e. The van der Waals surface area contributed by atoms with Crippen LogP contribution >= 0.6 is 0 Å². The summed E-state index contributed by atoms with van der Waals surface area (Å²) in [4.78, 5) is 11.8. The molecule has 0 aliphatic rings. The Labute approximate surface area is 156 Å². The van der Waals surface area contributed by atoms with Crippen LogP contribution in [0.2, 0.25) is 0 Å². The van der Waals surface area contributed by atoms with Gasteiger partial charge >= 0.3 is 5.97 Å². The third kappa shape index (κ3) is 4.75. The van der Waals surface area contributed by atoms with Crippen molar-refractivity contribution in [2.45, 2.75) is 52.6 Å². The molecule has 0 aromatic heterocycles. The Bertz CT molecular complexity index is 780. The highest BCUT2D eigenvalue weighted by Gasteiger charge is 2.24. The second kappa shape index (κ2) is 8.22. The molecule has 2 aromatic rings. The van der Waals surface area contributed by atoms with Crippen LogP contribution in [0.1, 0.15) is 66.7 Å². The van der Waals surface area contributed by atoms with Gasteiger partial charge < -0.3 is 9.84 Å². The molecule has 138 valence electrons. The summed E-state index contributed by atoms with van der Waals surface area (Å²) in [5.41, 5.74) is 4.23. The summed E-state index contributed by atoms with van der Waals surface area (Å²) < 4.78 is 5.94. The SMILES string of the molecule is C=Cc1ccc(COc2cc(C(=O)O)c(CCC)c(C(C)(C)C)c2)cc1. The summed E-state index contributed by atoms with van der Waals surface area (Å²) in [6.07, 6.45) is 3.45. The molecule has 0 heterocycles. The van der Waals surface area contributed by atoms with Crippen LogP contribution in [-0.4, -0.2) is 11.1 Å². The number of rotatable bonds is 7. The van der Waals surface area contributed by atoms with E-state index in [4.69, 9.17) is 4.74 Å². The van der Waals surface area contributed by atoms with E-state index in [0.717, 1.165) is 35.1 Å². The highest BCUT2D eigenvalue weighted by Crippen LogP contribution is 2.33. The number of carbonyl (C=O) groups is 1. The topological polar surface area (TPSA) is 46.5 Å². The third-order valence-corrected chi connectivity index (χ3v) is 4.38. The normalized spacial score (nSPS) is 11.2. The molecule has 0 radical (unpaired) electrons. The van der Waals surface area contributed by atoms with Gasteiger partial charge in [0, 0.05) is 0 Å². The lowest BCUT2D eigenvalue weighted by Gasteiger charge is -2.25. The van der Waals surface area contributed by atoms with E-state index in [-0.39, 0.29) is 5.41 Å². The zero-order valence-corrected chi connectivity index (χ0v) is 16.1. The quantitative estimate of drug-likeness (QED) is 0.679. The first-order valence-corrected chi connectivity index (χ1v) is 9.01. The van der Waals surface area contributed by atoms with Crippen LogP contribution in [0.3, 0.4) is 0 Å². The molecule has 0 bridgehead atoms. The van der Waals surface area contributed by atoms with Gasteiger partial charge in [-0.25, -0.2) is 4.79 Å². The molecule has 0 aliphatic heterocycles. The summed E-state index contributed by atoms with van der Waals surface area (Å²) in [5.74, 6) is -0.306. The molecule has 0 aliphatic carbocycles. The van der Waals surface area contributed by atoms with Gasteiger partial charge in [-0.2, -0.15) is 0 Å². The van der Waals surface area contributed by atoms with Gasteiger partial charge in [-0.15, -0.1) is 0 Å². The maximum Gasteiger partial charge on any atom is 0.336 e. The molecule has 0 amide bonds. The molecule has 1 N–H and O–H groups in total. The van der Waals surface area contributed by atoms with E-state index in [1.807, 2.05) is 30.3 Å². The Morgan fingerprint density at radius 2 is 1.85 bits per heavy atom. The molecule has 2 aromatic carbocycles. The van der Waals surface area contributed by atoms with Crippen LogP contribution in [0.25, 0.3) is 6.08 Å². The molecule has 0 saturated heterocycles. The summed E-state index contributed by atoms with van der Waals surface area (Å²) in [5, 5.41) is 9.68. The largest absolute Gasteiger partial charge is 0.489 e. The predicted octanol–water partition coefficient (Wildman–Crippen LogP) is 5.86. The van der Waals surface area contributed by atoms with E-state index in [1.165, 1.54) is 0 Å². The highest BCUT2D eigenvalue weighted by atomic mass is 16.5. The molecule has 0 saturated carbocycles. The first kappa shape index (κ1) is 19.8. The summed E-state index contributed by atoms with van der Waals surface area (Å²) in [6, 6.07) is 11.6. The van der Waals surface area contributed by atoms with Crippen molar-refractivity contribution in [2.75, 3.05) is 0 Å². The van der Waals surface area contributed by atoms with Crippen molar-refractivity contribution in [3.05, 3.63) is 70.8 Å². The fraction of sp³-hybridized carbons (Fsp3) is 0.348. The van der Waals surface area contributed by atoms with Crippen molar-refractivity contribution in [1.82, 2.24) is 0 Å². The molecular formula is C23H28O3. The zero-order valence-electron chi connectivity index (χ0n) is 16.1. The van der Waals surface area contributed by atoms with Crippen LogP contribution in [0.4, 0.5) is 0 Å². The monoisotopic (exact) mass is 352 g/mol. The number of ether oxygens (including phenoxy) is 1. The number of carboxylic acids is 1. The molecule has 0 unspecified atom stereocenters. The number of benzene rings is 2. The van der Waals surface area contributed by atoms with E-state index < -0.39 is 5.97 Å². The first-order chi connectivity index (χ1) is 12.3. The number of carboxylic acid groups (broad SMARTS) is 1. The Morgan fingerprint density at radius 1 is 1.19 bits per heavy atom. The maximum absolute atomic E-state index is 11.8. The Morgan fingerprint density at radius 3 is 2.35 bits per heavy atom. The van der Waals surface area contributed by atoms with Crippen molar-refractivity contribution in [3.8, 4) is 5.75 Å². The molecule has 26 heavy (non-hydrogen) atoms. The standard InChI is InChI=1S/C23H28O3/c1-6-8-19-20(22(24)25)13-18(14-21(19)23(3,4)5)26-15-17-11-9-16(7-2)10-12-17/h7,9-14H,2,6,8,15H2,1,3-5H3,(H,24,25). The maximum atomic E-state index is 11.8. The Hall–Kier alpha value is -2.55. The van der Waals surface area contributed by atoms with Gasteiger partial charge in [0.2, 0.25) is 0 Å². The van der Waals surface area contributed by atoms with Crippen LogP contribution in [0.15, 0.2) is 43.0 Å². The second-order valence-corrected chi connectivity index (χ2v) is 7.54. The molecule has 0 spiro atoms. The average Bonchev–Trinajstić information content (AvgIpc) is 2.60. The van der Waals surface area contributed by atoms with Crippen molar-refractivity contribution in [2.24, 2.45) is 0 Å². The molecular weight excluding hydrogens is 324 g/mol. The number of aromatic carboxylic acids is 1. The van der Waals surface area contributed by atoms with Crippen LogP contribution < -0.4 is 4.74 Å². The fourth-order valence-corrected chi connectivity index (χ4v) is 3.02. The lowest BCUT2D eigenvalue weighted by Crippen LogP contribution is -2.18. The zero-order chi connectivity index (χ0) is 19.3. The predicted molar refractivity (Wildman–Crippen MR) is 107 cm³/mol. The van der Waals surface area contributed by atoms with Crippen LogP contribution in [0, 0.1) is 0 Å². The number of hydrogen-bond acceptors (Lipinski definition) is 2. The van der Waals surface area contributed by atoms with Crippen molar-refractivity contribution >= 4 is 12.0 Å². The Kier molecular flexibility index (Phi) is 6.25. The molecule has 0 fully saturated rings. The minimum absolute atomic E-state index is 0.153. The van der Waals surface area contributed by atoms with Gasteiger partial charge in [0.05, 0.1) is 5.56 Å². The average molecular weight is 352 g/mol. The molecule has 0 atom stereocenters. The Balaban J connectivity index is 2.36. The molecule has 3 heteroatoms. The van der Waals surface area contributed by atoms with Gasteiger partial charge in [-0.05, 0) is 46.2 Å². The third-order valence-electron chi connectivity index (χ3n) is 4.38. The minimum atomic E-state index is -0.903. The van der Waals surface area contributed by atoms with Gasteiger partial charge in [-0.1, -0.05) is 71.0 Å². The number of hydrogen-bond donors (Lipinski definition) is 1. The van der Waals surface area contributed by atoms with Crippen molar-refractivity contribution in [1.29, 1.82) is 0 Å². The summed E-state index contributed by atoms with van der Waals surface area (Å²) in [7, 11) is 0. The van der Waals surface area contributed by atoms with E-state index in [9.17, 15) is 9.90 Å².